The molecule has 0 unspecified atom stereocenters. The summed E-state index contributed by atoms with van der Waals surface area (Å²) in [7, 11) is 0. The molecule has 1 amide bonds. The third kappa shape index (κ3) is 7.32. The molecule has 3 aromatic carbocycles. The summed E-state index contributed by atoms with van der Waals surface area (Å²) in [4.78, 5) is 12.0. The Morgan fingerprint density at radius 3 is 2.48 bits per heavy atom. The number of halogens is 1. The predicted molar refractivity (Wildman–Crippen MR) is 124 cm³/mol. The Balaban J connectivity index is 1.43. The lowest BCUT2D eigenvalue weighted by atomic mass is 10.1. The van der Waals surface area contributed by atoms with Crippen molar-refractivity contribution in [3.05, 3.63) is 107 Å². The van der Waals surface area contributed by atoms with Crippen LogP contribution in [0.15, 0.2) is 90.6 Å². The SMILES string of the molecule is C=CCc1ccccc1OCC(=O)N/N=C/c1ccc(OCc2ccc(Cl)cc2)cc1. The van der Waals surface area contributed by atoms with E-state index in [2.05, 4.69) is 17.1 Å². The predicted octanol–water partition coefficient (Wildman–Crippen LogP) is 5.18. The van der Waals surface area contributed by atoms with Gasteiger partial charge in [-0.25, -0.2) is 5.43 Å². The largest absolute Gasteiger partial charge is 0.489 e. The molecule has 1 N–H and O–H groups in total. The molecule has 0 aliphatic rings. The van der Waals surface area contributed by atoms with Gasteiger partial charge in [0, 0.05) is 5.02 Å². The number of carbonyl (C=O) groups is 1. The summed E-state index contributed by atoms with van der Waals surface area (Å²) in [5, 5.41) is 4.67. The van der Waals surface area contributed by atoms with E-state index >= 15 is 0 Å². The average Bonchev–Trinajstić information content (AvgIpc) is 2.79. The van der Waals surface area contributed by atoms with Crippen molar-refractivity contribution in [3.8, 4) is 11.5 Å². The van der Waals surface area contributed by atoms with Crippen molar-refractivity contribution in [3.63, 3.8) is 0 Å². The first-order valence-corrected chi connectivity index (χ1v) is 10.1. The molecule has 0 heterocycles. The van der Waals surface area contributed by atoms with Crippen LogP contribution in [0.4, 0.5) is 0 Å². The molecule has 0 saturated carbocycles. The van der Waals surface area contributed by atoms with Crippen molar-refractivity contribution in [2.75, 3.05) is 6.61 Å². The van der Waals surface area contributed by atoms with Crippen molar-refractivity contribution in [1.29, 1.82) is 0 Å². The van der Waals surface area contributed by atoms with Gasteiger partial charge in [0.2, 0.25) is 0 Å². The van der Waals surface area contributed by atoms with Gasteiger partial charge in [-0.05, 0) is 65.6 Å². The topological polar surface area (TPSA) is 59.9 Å². The fourth-order valence-corrected chi connectivity index (χ4v) is 2.85. The van der Waals surface area contributed by atoms with E-state index in [1.54, 1.807) is 12.3 Å². The summed E-state index contributed by atoms with van der Waals surface area (Å²) in [5.41, 5.74) is 5.31. The minimum absolute atomic E-state index is 0.122. The summed E-state index contributed by atoms with van der Waals surface area (Å²) in [6.45, 7) is 4.06. The minimum atomic E-state index is -0.340. The first-order chi connectivity index (χ1) is 15.1. The second-order valence-electron chi connectivity index (χ2n) is 6.67. The van der Waals surface area contributed by atoms with Gasteiger partial charge in [-0.15, -0.1) is 6.58 Å². The average molecular weight is 435 g/mol. The van der Waals surface area contributed by atoms with Crippen LogP contribution in [0.2, 0.25) is 5.02 Å². The van der Waals surface area contributed by atoms with Gasteiger partial charge in [0.05, 0.1) is 6.21 Å². The summed E-state index contributed by atoms with van der Waals surface area (Å²) in [5.74, 6) is 1.06. The van der Waals surface area contributed by atoms with Crippen LogP contribution in [0, 0.1) is 0 Å². The molecule has 0 bridgehead atoms. The molecule has 0 atom stereocenters. The van der Waals surface area contributed by atoms with Crippen LogP contribution < -0.4 is 14.9 Å². The lowest BCUT2D eigenvalue weighted by molar-refractivity contribution is -0.123. The highest BCUT2D eigenvalue weighted by atomic mass is 35.5. The third-order valence-corrected chi connectivity index (χ3v) is 4.55. The highest BCUT2D eigenvalue weighted by Gasteiger charge is 2.05. The van der Waals surface area contributed by atoms with Gasteiger partial charge in [0.15, 0.2) is 6.61 Å². The number of para-hydroxylation sites is 1. The number of benzene rings is 3. The lowest BCUT2D eigenvalue weighted by Crippen LogP contribution is -2.24. The van der Waals surface area contributed by atoms with Crippen molar-refractivity contribution in [2.24, 2.45) is 5.10 Å². The van der Waals surface area contributed by atoms with Gasteiger partial charge < -0.3 is 9.47 Å². The van der Waals surface area contributed by atoms with Gasteiger partial charge in [-0.1, -0.05) is 48.0 Å². The number of nitrogens with zero attached hydrogens (tertiary/aromatic N) is 1. The maximum atomic E-state index is 12.0. The highest BCUT2D eigenvalue weighted by Crippen LogP contribution is 2.18. The van der Waals surface area contributed by atoms with Crippen molar-refractivity contribution in [1.82, 2.24) is 5.43 Å². The van der Waals surface area contributed by atoms with E-state index < -0.39 is 0 Å². The number of allylic oxidation sites excluding steroid dienone is 1. The number of nitrogens with one attached hydrogen (secondary N) is 1. The maximum absolute atomic E-state index is 12.0. The minimum Gasteiger partial charge on any atom is -0.489 e. The van der Waals surface area contributed by atoms with E-state index in [-0.39, 0.29) is 12.5 Å². The number of hydrazone groups is 1. The molecule has 3 aromatic rings. The van der Waals surface area contributed by atoms with E-state index in [4.69, 9.17) is 21.1 Å². The Morgan fingerprint density at radius 2 is 1.74 bits per heavy atom. The van der Waals surface area contributed by atoms with Gasteiger partial charge in [-0.3, -0.25) is 4.79 Å². The van der Waals surface area contributed by atoms with Gasteiger partial charge in [0.1, 0.15) is 18.1 Å². The Morgan fingerprint density at radius 1 is 1.00 bits per heavy atom. The fourth-order valence-electron chi connectivity index (χ4n) is 2.72. The van der Waals surface area contributed by atoms with Crippen LogP contribution >= 0.6 is 11.6 Å². The summed E-state index contributed by atoms with van der Waals surface area (Å²) in [6, 6.07) is 22.5. The standard InChI is InChI=1S/C25H23ClN2O3/c1-2-5-21-6-3-4-7-24(21)31-18-25(29)28-27-16-19-10-14-23(15-11-19)30-17-20-8-12-22(26)13-9-20/h2-4,6-16H,1,5,17-18H2,(H,28,29)/b27-16+. The van der Waals surface area contributed by atoms with Crippen LogP contribution in [0.1, 0.15) is 16.7 Å². The van der Waals surface area contributed by atoms with E-state index in [1.165, 1.54) is 0 Å². The first kappa shape index (κ1) is 22.1. The molecular formula is C25H23ClN2O3. The normalized spacial score (nSPS) is 10.6. The zero-order valence-electron chi connectivity index (χ0n) is 17.0. The molecule has 3 rings (SSSR count). The zero-order valence-corrected chi connectivity index (χ0v) is 17.7. The quantitative estimate of drug-likeness (QED) is 0.272. The summed E-state index contributed by atoms with van der Waals surface area (Å²) >= 11 is 5.88. The molecule has 31 heavy (non-hydrogen) atoms. The number of carbonyl (C=O) groups excluding carboxylic acids is 1. The van der Waals surface area contributed by atoms with Gasteiger partial charge in [0.25, 0.3) is 5.91 Å². The molecule has 0 aromatic heterocycles. The Bertz CT molecular complexity index is 1030. The van der Waals surface area contributed by atoms with Crippen molar-refractivity contribution < 1.29 is 14.3 Å². The maximum Gasteiger partial charge on any atom is 0.277 e. The van der Waals surface area contributed by atoms with Gasteiger partial charge >= 0.3 is 0 Å². The number of rotatable bonds is 10. The van der Waals surface area contributed by atoms with Crippen LogP contribution in [-0.2, 0) is 17.8 Å². The molecule has 0 spiro atoms. The Labute approximate surface area is 187 Å². The summed E-state index contributed by atoms with van der Waals surface area (Å²) < 4.78 is 11.3. The van der Waals surface area contributed by atoms with Crippen LogP contribution in [0.25, 0.3) is 0 Å². The van der Waals surface area contributed by atoms with E-state index in [0.717, 1.165) is 22.4 Å². The second kappa shape index (κ2) is 11.6. The summed E-state index contributed by atoms with van der Waals surface area (Å²) in [6.07, 6.45) is 4.03. The first-order valence-electron chi connectivity index (χ1n) is 9.75. The van der Waals surface area contributed by atoms with E-state index in [9.17, 15) is 4.79 Å². The number of hydrogen-bond acceptors (Lipinski definition) is 4. The molecule has 0 saturated heterocycles. The Hall–Kier alpha value is -3.57. The van der Waals surface area contributed by atoms with E-state index in [0.29, 0.717) is 23.8 Å². The molecule has 0 fully saturated rings. The monoisotopic (exact) mass is 434 g/mol. The third-order valence-electron chi connectivity index (χ3n) is 4.30. The highest BCUT2D eigenvalue weighted by molar-refractivity contribution is 6.30. The molecular weight excluding hydrogens is 412 g/mol. The van der Waals surface area contributed by atoms with E-state index in [1.807, 2.05) is 72.8 Å². The zero-order chi connectivity index (χ0) is 21.9. The Kier molecular flexibility index (Phi) is 8.26. The second-order valence-corrected chi connectivity index (χ2v) is 7.10. The molecule has 158 valence electrons. The lowest BCUT2D eigenvalue weighted by Gasteiger charge is -2.09. The number of amides is 1. The van der Waals surface area contributed by atoms with Crippen LogP contribution in [0.5, 0.6) is 11.5 Å². The molecule has 0 radical (unpaired) electrons. The van der Waals surface area contributed by atoms with Crippen LogP contribution in [0.3, 0.4) is 0 Å². The van der Waals surface area contributed by atoms with Gasteiger partial charge in [-0.2, -0.15) is 5.10 Å². The van der Waals surface area contributed by atoms with Crippen LogP contribution in [-0.4, -0.2) is 18.7 Å². The molecule has 6 heteroatoms. The fraction of sp³-hybridized carbons (Fsp3) is 0.120. The molecule has 5 nitrogen and oxygen atoms in total. The number of ether oxygens (including phenoxy) is 2. The smallest absolute Gasteiger partial charge is 0.277 e. The number of hydrogen-bond donors (Lipinski definition) is 1. The van der Waals surface area contributed by atoms with Crippen molar-refractivity contribution in [2.45, 2.75) is 13.0 Å². The molecule has 0 aliphatic heterocycles. The van der Waals surface area contributed by atoms with Crippen molar-refractivity contribution >= 4 is 23.7 Å². The molecule has 0 aliphatic carbocycles.